The van der Waals surface area contributed by atoms with Gasteiger partial charge >= 0.3 is 0 Å². The zero-order valence-electron chi connectivity index (χ0n) is 16.5. The smallest absolute Gasteiger partial charge is 0.243 e. The first-order valence-electron chi connectivity index (χ1n) is 10.2. The van der Waals surface area contributed by atoms with Crippen molar-refractivity contribution >= 4 is 18.1 Å². The number of aromatic amines is 1. The number of carbonyl (C=O) groups is 1. The molecular weight excluding hydrogens is 380 g/mol. The van der Waals surface area contributed by atoms with Crippen molar-refractivity contribution in [1.82, 2.24) is 19.7 Å². The summed E-state index contributed by atoms with van der Waals surface area (Å²) < 4.78 is 2.31. The standard InChI is InChI=1S/C23H24N4OS/c1-15-6-8-17(9-7-15)22-24-25-23(29)26(22)14-21(28)27(18-11-12-18)20-13-10-16-4-2-3-5-19(16)20/h2-9,18,20H,10-14H2,1H3,(H,25,29). The van der Waals surface area contributed by atoms with E-state index < -0.39 is 0 Å². The summed E-state index contributed by atoms with van der Waals surface area (Å²) in [6, 6.07) is 17.2. The van der Waals surface area contributed by atoms with Crippen molar-refractivity contribution in [3.05, 3.63) is 70.0 Å². The first-order chi connectivity index (χ1) is 14.1. The molecule has 1 aromatic heterocycles. The number of H-pyrrole nitrogens is 1. The molecule has 1 heterocycles. The first-order valence-corrected chi connectivity index (χ1v) is 10.6. The van der Waals surface area contributed by atoms with Gasteiger partial charge in [-0.15, -0.1) is 0 Å². The lowest BCUT2D eigenvalue weighted by atomic mass is 10.1. The number of carbonyl (C=O) groups excluding carboxylic acids is 1. The van der Waals surface area contributed by atoms with E-state index >= 15 is 0 Å². The highest BCUT2D eigenvalue weighted by Crippen LogP contribution is 2.42. The molecule has 5 rings (SSSR count). The first kappa shape index (κ1) is 18.3. The highest BCUT2D eigenvalue weighted by molar-refractivity contribution is 7.71. The van der Waals surface area contributed by atoms with Gasteiger partial charge in [0.1, 0.15) is 6.54 Å². The van der Waals surface area contributed by atoms with Gasteiger partial charge in [-0.05, 0) is 56.0 Å². The minimum atomic E-state index is 0.125. The average Bonchev–Trinajstić information content (AvgIpc) is 3.37. The summed E-state index contributed by atoms with van der Waals surface area (Å²) in [7, 11) is 0. The summed E-state index contributed by atoms with van der Waals surface area (Å²) in [6.07, 6.45) is 4.22. The monoisotopic (exact) mass is 404 g/mol. The lowest BCUT2D eigenvalue weighted by molar-refractivity contribution is -0.135. The minimum Gasteiger partial charge on any atom is -0.331 e. The second-order valence-electron chi connectivity index (χ2n) is 8.09. The topological polar surface area (TPSA) is 53.9 Å². The molecule has 148 valence electrons. The molecule has 6 heteroatoms. The van der Waals surface area contributed by atoms with Gasteiger partial charge in [0.2, 0.25) is 5.91 Å². The Morgan fingerprint density at radius 1 is 1.17 bits per heavy atom. The van der Waals surface area contributed by atoms with E-state index in [0.29, 0.717) is 16.6 Å². The van der Waals surface area contributed by atoms with Crippen LogP contribution in [0.3, 0.4) is 0 Å². The van der Waals surface area contributed by atoms with Crippen molar-refractivity contribution in [3.63, 3.8) is 0 Å². The molecule has 1 unspecified atom stereocenters. The third kappa shape index (κ3) is 3.42. The van der Waals surface area contributed by atoms with E-state index in [1.165, 1.54) is 16.7 Å². The summed E-state index contributed by atoms with van der Waals surface area (Å²) in [5.41, 5.74) is 4.82. The molecule has 2 aliphatic carbocycles. The van der Waals surface area contributed by atoms with Crippen LogP contribution in [0.1, 0.15) is 42.0 Å². The number of rotatable bonds is 5. The van der Waals surface area contributed by atoms with Gasteiger partial charge in [-0.1, -0.05) is 54.1 Å². The van der Waals surface area contributed by atoms with Gasteiger partial charge in [-0.25, -0.2) is 0 Å². The van der Waals surface area contributed by atoms with Gasteiger partial charge < -0.3 is 4.90 Å². The molecule has 1 saturated carbocycles. The van der Waals surface area contributed by atoms with Crippen molar-refractivity contribution in [1.29, 1.82) is 0 Å². The Labute approximate surface area is 175 Å². The molecule has 2 aliphatic rings. The molecule has 3 aromatic rings. The molecule has 29 heavy (non-hydrogen) atoms. The number of hydrogen-bond donors (Lipinski definition) is 1. The molecule has 0 radical (unpaired) electrons. The molecule has 1 atom stereocenters. The zero-order valence-corrected chi connectivity index (χ0v) is 17.3. The van der Waals surface area contributed by atoms with Crippen molar-refractivity contribution in [2.45, 2.75) is 51.2 Å². The number of hydrogen-bond acceptors (Lipinski definition) is 3. The highest BCUT2D eigenvalue weighted by Gasteiger charge is 2.40. The van der Waals surface area contributed by atoms with Crippen LogP contribution in [0.5, 0.6) is 0 Å². The maximum atomic E-state index is 13.5. The third-order valence-electron chi connectivity index (χ3n) is 6.03. The van der Waals surface area contributed by atoms with E-state index in [2.05, 4.69) is 46.3 Å². The quantitative estimate of drug-likeness (QED) is 0.633. The van der Waals surface area contributed by atoms with E-state index in [0.717, 1.165) is 31.2 Å². The molecule has 5 nitrogen and oxygen atoms in total. The zero-order chi connectivity index (χ0) is 20.0. The second kappa shape index (κ2) is 7.26. The SMILES string of the molecule is Cc1ccc(-c2n[nH]c(=S)n2CC(=O)N(C2CC2)C2CCc3ccccc32)cc1. The molecule has 0 bridgehead atoms. The molecular formula is C23H24N4OS. The van der Waals surface area contributed by atoms with E-state index in [4.69, 9.17) is 12.2 Å². The fourth-order valence-corrected chi connectivity index (χ4v) is 4.61. The lowest BCUT2D eigenvalue weighted by Crippen LogP contribution is -2.38. The highest BCUT2D eigenvalue weighted by atomic mass is 32.1. The molecule has 1 amide bonds. The largest absolute Gasteiger partial charge is 0.331 e. The number of benzene rings is 2. The fraction of sp³-hybridized carbons (Fsp3) is 0.348. The molecule has 0 spiro atoms. The van der Waals surface area contributed by atoms with Crippen molar-refractivity contribution in [2.75, 3.05) is 0 Å². The molecule has 0 aliphatic heterocycles. The van der Waals surface area contributed by atoms with E-state index in [-0.39, 0.29) is 18.5 Å². The van der Waals surface area contributed by atoms with Crippen LogP contribution in [-0.4, -0.2) is 31.6 Å². The van der Waals surface area contributed by atoms with Gasteiger partial charge in [0, 0.05) is 11.6 Å². The maximum absolute atomic E-state index is 13.5. The number of fused-ring (bicyclic) bond motifs is 1. The van der Waals surface area contributed by atoms with Gasteiger partial charge in [0.25, 0.3) is 0 Å². The van der Waals surface area contributed by atoms with Gasteiger partial charge in [0.15, 0.2) is 10.6 Å². The Hall–Kier alpha value is -2.73. The Kier molecular flexibility index (Phi) is 4.59. The van der Waals surface area contributed by atoms with Crippen LogP contribution in [-0.2, 0) is 17.8 Å². The summed E-state index contributed by atoms with van der Waals surface area (Å²) in [6.45, 7) is 2.27. The summed E-state index contributed by atoms with van der Waals surface area (Å²) in [5.74, 6) is 0.839. The van der Waals surface area contributed by atoms with Gasteiger partial charge in [-0.2, -0.15) is 5.10 Å². The van der Waals surface area contributed by atoms with Crippen LogP contribution >= 0.6 is 12.2 Å². The van der Waals surface area contributed by atoms with Crippen LogP contribution in [0, 0.1) is 11.7 Å². The van der Waals surface area contributed by atoms with Crippen LogP contribution in [0.25, 0.3) is 11.4 Å². The lowest BCUT2D eigenvalue weighted by Gasteiger charge is -2.30. The Morgan fingerprint density at radius 2 is 1.93 bits per heavy atom. The summed E-state index contributed by atoms with van der Waals surface area (Å²) >= 11 is 5.46. The number of nitrogens with one attached hydrogen (secondary N) is 1. The average molecular weight is 405 g/mol. The number of aryl methyl sites for hydroxylation is 2. The fourth-order valence-electron chi connectivity index (χ4n) is 4.41. The predicted molar refractivity (Wildman–Crippen MR) is 115 cm³/mol. The normalized spacial score (nSPS) is 17.9. The van der Waals surface area contributed by atoms with Crippen LogP contribution in [0.4, 0.5) is 0 Å². The summed E-state index contributed by atoms with van der Waals surface area (Å²) in [5, 5.41) is 7.27. The van der Waals surface area contributed by atoms with Crippen LogP contribution in [0.15, 0.2) is 48.5 Å². The Balaban J connectivity index is 1.45. The number of nitrogens with zero attached hydrogens (tertiary/aromatic N) is 3. The van der Waals surface area contributed by atoms with Gasteiger partial charge in [0.05, 0.1) is 6.04 Å². The van der Waals surface area contributed by atoms with Crippen LogP contribution < -0.4 is 0 Å². The van der Waals surface area contributed by atoms with Crippen molar-refractivity contribution in [3.8, 4) is 11.4 Å². The molecule has 1 fully saturated rings. The summed E-state index contributed by atoms with van der Waals surface area (Å²) in [4.78, 5) is 15.6. The number of aromatic nitrogens is 3. The van der Waals surface area contributed by atoms with E-state index in [9.17, 15) is 4.79 Å². The van der Waals surface area contributed by atoms with Crippen molar-refractivity contribution < 1.29 is 4.79 Å². The van der Waals surface area contributed by atoms with E-state index in [1.807, 2.05) is 28.8 Å². The number of amides is 1. The molecule has 2 aromatic carbocycles. The second-order valence-corrected chi connectivity index (χ2v) is 8.48. The predicted octanol–water partition coefficient (Wildman–Crippen LogP) is 4.59. The maximum Gasteiger partial charge on any atom is 0.243 e. The minimum absolute atomic E-state index is 0.125. The third-order valence-corrected chi connectivity index (χ3v) is 6.34. The van der Waals surface area contributed by atoms with Gasteiger partial charge in [-0.3, -0.25) is 14.5 Å². The Morgan fingerprint density at radius 3 is 2.69 bits per heavy atom. The van der Waals surface area contributed by atoms with Crippen molar-refractivity contribution in [2.24, 2.45) is 0 Å². The van der Waals surface area contributed by atoms with Crippen LogP contribution in [0.2, 0.25) is 0 Å². The molecule has 1 N–H and O–H groups in total. The van der Waals surface area contributed by atoms with E-state index in [1.54, 1.807) is 0 Å². The Bertz CT molecular complexity index is 1110. The molecule has 0 saturated heterocycles.